The van der Waals surface area contributed by atoms with E-state index in [1.54, 1.807) is 6.07 Å². The molecule has 2 rings (SSSR count). The van der Waals surface area contributed by atoms with E-state index in [1.165, 1.54) is 12.8 Å². The van der Waals surface area contributed by atoms with Crippen molar-refractivity contribution >= 4 is 11.7 Å². The van der Waals surface area contributed by atoms with Crippen molar-refractivity contribution in [2.45, 2.75) is 45.6 Å². The third kappa shape index (κ3) is 3.35. The average Bonchev–Trinajstić information content (AvgIpc) is 2.48. The third-order valence-corrected chi connectivity index (χ3v) is 4.46. The van der Waals surface area contributed by atoms with Crippen LogP contribution >= 0.6 is 0 Å². The van der Waals surface area contributed by atoms with Crippen LogP contribution in [-0.4, -0.2) is 30.0 Å². The van der Waals surface area contributed by atoms with Crippen molar-refractivity contribution in [1.82, 2.24) is 4.98 Å². The second-order valence-corrected chi connectivity index (χ2v) is 5.82. The maximum absolute atomic E-state index is 11.7. The number of hydrogen-bond donors (Lipinski definition) is 2. The molecule has 2 atom stereocenters. The molecule has 5 nitrogen and oxygen atoms in total. The van der Waals surface area contributed by atoms with Crippen LogP contribution in [0.5, 0.6) is 0 Å². The number of nitrogens with zero attached hydrogens (tertiary/aromatic N) is 2. The summed E-state index contributed by atoms with van der Waals surface area (Å²) in [5.41, 5.74) is 12.9. The van der Waals surface area contributed by atoms with Gasteiger partial charge in [0, 0.05) is 18.3 Å². The van der Waals surface area contributed by atoms with Crippen molar-refractivity contribution in [2.24, 2.45) is 17.4 Å². The van der Waals surface area contributed by atoms with Crippen molar-refractivity contribution in [3.8, 4) is 0 Å². The molecule has 2 unspecified atom stereocenters. The number of hydrogen-bond acceptors (Lipinski definition) is 4. The lowest BCUT2D eigenvalue weighted by atomic mass is 9.83. The maximum atomic E-state index is 11.7. The Labute approximate surface area is 126 Å². The average molecular weight is 290 g/mol. The summed E-state index contributed by atoms with van der Waals surface area (Å²) in [5.74, 6) is 0.758. The van der Waals surface area contributed by atoms with Gasteiger partial charge in [0.1, 0.15) is 5.82 Å². The van der Waals surface area contributed by atoms with Crippen LogP contribution in [0.15, 0.2) is 12.1 Å². The second kappa shape index (κ2) is 6.89. The molecule has 1 amide bonds. The fraction of sp³-hybridized carbons (Fsp3) is 0.625. The normalized spacial score (nSPS) is 22.0. The molecule has 0 aromatic carbocycles. The SMILES string of the molecule is CCN(c1nc(C)ccc1C(N)=O)C1CCCCC1CN. The van der Waals surface area contributed by atoms with Crippen LogP contribution < -0.4 is 16.4 Å². The zero-order valence-corrected chi connectivity index (χ0v) is 13.0. The number of anilines is 1. The number of pyridine rings is 1. The monoisotopic (exact) mass is 290 g/mol. The van der Waals surface area contributed by atoms with Crippen LogP contribution in [0.2, 0.25) is 0 Å². The smallest absolute Gasteiger partial charge is 0.252 e. The molecule has 0 saturated heterocycles. The summed E-state index contributed by atoms with van der Waals surface area (Å²) in [5, 5.41) is 0. The molecule has 0 spiro atoms. The lowest BCUT2D eigenvalue weighted by Gasteiger charge is -2.40. The van der Waals surface area contributed by atoms with Crippen molar-refractivity contribution in [3.05, 3.63) is 23.4 Å². The molecule has 4 N–H and O–H groups in total. The molecule has 0 aliphatic heterocycles. The Kier molecular flexibility index (Phi) is 5.17. The van der Waals surface area contributed by atoms with Crippen molar-refractivity contribution < 1.29 is 4.79 Å². The van der Waals surface area contributed by atoms with E-state index in [4.69, 9.17) is 11.5 Å². The molecule has 1 aromatic rings. The molecule has 1 heterocycles. The van der Waals surface area contributed by atoms with Crippen molar-refractivity contribution in [1.29, 1.82) is 0 Å². The molecule has 0 bridgehead atoms. The van der Waals surface area contributed by atoms with Crippen LogP contribution in [0.3, 0.4) is 0 Å². The number of carbonyl (C=O) groups excluding carboxylic acids is 1. The lowest BCUT2D eigenvalue weighted by molar-refractivity contribution is 0.1000. The number of carbonyl (C=O) groups is 1. The van der Waals surface area contributed by atoms with Gasteiger partial charge in [0.15, 0.2) is 0 Å². The zero-order chi connectivity index (χ0) is 15.4. The number of rotatable bonds is 5. The molecule has 21 heavy (non-hydrogen) atoms. The van der Waals surface area contributed by atoms with Gasteiger partial charge in [0.2, 0.25) is 0 Å². The highest BCUT2D eigenvalue weighted by Gasteiger charge is 2.31. The van der Waals surface area contributed by atoms with E-state index < -0.39 is 5.91 Å². The summed E-state index contributed by atoms with van der Waals surface area (Å²) >= 11 is 0. The van der Waals surface area contributed by atoms with E-state index in [0.717, 1.165) is 30.9 Å². The van der Waals surface area contributed by atoms with Gasteiger partial charge in [-0.25, -0.2) is 4.98 Å². The predicted molar refractivity (Wildman–Crippen MR) is 85.3 cm³/mol. The van der Waals surface area contributed by atoms with Crippen LogP contribution in [0, 0.1) is 12.8 Å². The highest BCUT2D eigenvalue weighted by molar-refractivity contribution is 5.97. The molecule has 1 aliphatic carbocycles. The molecule has 1 aromatic heterocycles. The Morgan fingerprint density at radius 1 is 1.38 bits per heavy atom. The van der Waals surface area contributed by atoms with Crippen molar-refractivity contribution in [2.75, 3.05) is 18.0 Å². The van der Waals surface area contributed by atoms with E-state index in [-0.39, 0.29) is 0 Å². The molecule has 5 heteroatoms. The van der Waals surface area contributed by atoms with Gasteiger partial charge in [0.25, 0.3) is 5.91 Å². The lowest BCUT2D eigenvalue weighted by Crippen LogP contribution is -2.46. The largest absolute Gasteiger partial charge is 0.365 e. The molecular weight excluding hydrogens is 264 g/mol. The first kappa shape index (κ1) is 15.8. The van der Waals surface area contributed by atoms with E-state index in [1.807, 2.05) is 13.0 Å². The van der Waals surface area contributed by atoms with E-state index in [0.29, 0.717) is 24.1 Å². The first-order valence-electron chi connectivity index (χ1n) is 7.82. The molecule has 1 fully saturated rings. The number of aromatic nitrogens is 1. The fourth-order valence-corrected chi connectivity index (χ4v) is 3.37. The van der Waals surface area contributed by atoms with Crippen LogP contribution in [0.1, 0.15) is 48.7 Å². The minimum Gasteiger partial charge on any atom is -0.365 e. The minimum atomic E-state index is -0.420. The van der Waals surface area contributed by atoms with E-state index in [2.05, 4.69) is 16.8 Å². The van der Waals surface area contributed by atoms with Crippen LogP contribution in [0.4, 0.5) is 5.82 Å². The van der Waals surface area contributed by atoms with Gasteiger partial charge >= 0.3 is 0 Å². The quantitative estimate of drug-likeness (QED) is 0.866. The first-order chi connectivity index (χ1) is 10.1. The third-order valence-electron chi connectivity index (χ3n) is 4.46. The zero-order valence-electron chi connectivity index (χ0n) is 13.0. The van der Waals surface area contributed by atoms with Crippen molar-refractivity contribution in [3.63, 3.8) is 0 Å². The Hall–Kier alpha value is -1.62. The van der Waals surface area contributed by atoms with Crippen LogP contribution in [0.25, 0.3) is 0 Å². The number of primary amides is 1. The van der Waals surface area contributed by atoms with Gasteiger partial charge in [-0.1, -0.05) is 12.8 Å². The molecular formula is C16H26N4O. The minimum absolute atomic E-state index is 0.348. The Morgan fingerprint density at radius 3 is 2.71 bits per heavy atom. The highest BCUT2D eigenvalue weighted by atomic mass is 16.1. The summed E-state index contributed by atoms with van der Waals surface area (Å²) in [6, 6.07) is 3.96. The molecule has 1 aliphatic rings. The number of nitrogens with two attached hydrogens (primary N) is 2. The van der Waals surface area contributed by atoms with Gasteiger partial charge in [-0.2, -0.15) is 0 Å². The van der Waals surface area contributed by atoms with Gasteiger partial charge in [-0.05, 0) is 51.3 Å². The number of aryl methyl sites for hydroxylation is 1. The molecule has 116 valence electrons. The van der Waals surface area contributed by atoms with E-state index in [9.17, 15) is 4.79 Å². The van der Waals surface area contributed by atoms with Gasteiger partial charge in [0.05, 0.1) is 5.56 Å². The summed E-state index contributed by atoms with van der Waals surface area (Å²) < 4.78 is 0. The number of amides is 1. The Morgan fingerprint density at radius 2 is 2.10 bits per heavy atom. The van der Waals surface area contributed by atoms with Gasteiger partial charge in [-0.15, -0.1) is 0 Å². The fourth-order valence-electron chi connectivity index (χ4n) is 3.37. The summed E-state index contributed by atoms with van der Waals surface area (Å²) in [6.45, 7) is 5.51. The highest BCUT2D eigenvalue weighted by Crippen LogP contribution is 2.31. The second-order valence-electron chi connectivity index (χ2n) is 5.82. The first-order valence-corrected chi connectivity index (χ1v) is 7.82. The van der Waals surface area contributed by atoms with Crippen LogP contribution in [-0.2, 0) is 0 Å². The maximum Gasteiger partial charge on any atom is 0.252 e. The van der Waals surface area contributed by atoms with Gasteiger partial charge in [-0.3, -0.25) is 4.79 Å². The Bertz CT molecular complexity index is 503. The summed E-state index contributed by atoms with van der Waals surface area (Å²) in [4.78, 5) is 18.5. The molecule has 1 saturated carbocycles. The summed E-state index contributed by atoms with van der Waals surface area (Å²) in [6.07, 6.45) is 4.69. The summed E-state index contributed by atoms with van der Waals surface area (Å²) in [7, 11) is 0. The van der Waals surface area contributed by atoms with Gasteiger partial charge < -0.3 is 16.4 Å². The topological polar surface area (TPSA) is 85.2 Å². The standard InChI is InChI=1S/C16H26N4O/c1-3-20(14-7-5-4-6-12(14)10-17)16-13(15(18)21)9-8-11(2)19-16/h8-9,12,14H,3-7,10,17H2,1-2H3,(H2,18,21). The Balaban J connectivity index is 2.40. The van der Waals surface area contributed by atoms with E-state index >= 15 is 0 Å². The molecule has 0 radical (unpaired) electrons. The predicted octanol–water partition coefficient (Wildman–Crippen LogP) is 1.83.